The molecule has 0 radical (unpaired) electrons. The molecule has 0 bridgehead atoms. The zero-order valence-corrected chi connectivity index (χ0v) is 8.04. The Balaban J connectivity index is 2.61. The van der Waals surface area contributed by atoms with Gasteiger partial charge in [-0.15, -0.1) is 0 Å². The van der Waals surface area contributed by atoms with Crippen LogP contribution in [-0.2, 0) is 0 Å². The number of rotatable bonds is 1. The van der Waals surface area contributed by atoms with E-state index >= 15 is 0 Å². The molecule has 2 rings (SSSR count). The fourth-order valence-corrected chi connectivity index (χ4v) is 1.20. The van der Waals surface area contributed by atoms with Gasteiger partial charge in [0.2, 0.25) is 0 Å². The van der Waals surface area contributed by atoms with E-state index in [9.17, 15) is 0 Å². The first-order chi connectivity index (χ1) is 8.30. The molecule has 0 unspecified atom stereocenters. The molecule has 0 fully saturated rings. The van der Waals surface area contributed by atoms with E-state index in [-0.39, 0.29) is 11.7 Å². The molecular weight excluding hydrogens is 230 g/mol. The van der Waals surface area contributed by atoms with Crippen molar-refractivity contribution in [2.45, 2.75) is 6.85 Å². The highest BCUT2D eigenvalue weighted by molar-refractivity contribution is 9.10. The molecule has 13 heavy (non-hydrogen) atoms. The summed E-state index contributed by atoms with van der Waals surface area (Å²) in [6.45, 7) is -2.53. The van der Waals surface area contributed by atoms with Crippen LogP contribution < -0.4 is 0 Å². The first kappa shape index (κ1) is 4.37. The molecule has 0 atom stereocenters. The fraction of sp³-hybridized carbons (Fsp3) is 0.111. The highest BCUT2D eigenvalue weighted by Crippen LogP contribution is 2.12. The van der Waals surface area contributed by atoms with Gasteiger partial charge in [-0.25, -0.2) is 9.67 Å². The summed E-state index contributed by atoms with van der Waals surface area (Å²) in [6, 6.07) is 3.29. The minimum Gasteiger partial charge on any atom is -0.237 e. The molecule has 2 aromatic heterocycles. The molecule has 0 spiro atoms. The Morgan fingerprint density at radius 3 is 3.31 bits per heavy atom. The zero-order chi connectivity index (χ0) is 13.5. The highest BCUT2D eigenvalue weighted by Gasteiger charge is 1.98. The summed E-state index contributed by atoms with van der Waals surface area (Å²) in [5, 5.41) is 3.74. The van der Waals surface area contributed by atoms with Crippen molar-refractivity contribution >= 4 is 15.9 Å². The van der Waals surface area contributed by atoms with Gasteiger partial charge in [0, 0.05) is 21.0 Å². The van der Waals surface area contributed by atoms with Crippen molar-refractivity contribution in [3.63, 3.8) is 0 Å². The molecule has 0 aliphatic heterocycles. The van der Waals surface area contributed by atoms with E-state index in [1.165, 1.54) is 6.20 Å². The molecule has 2 heterocycles. The van der Waals surface area contributed by atoms with Crippen molar-refractivity contribution < 1.29 is 6.85 Å². The molecule has 0 saturated heterocycles. The van der Waals surface area contributed by atoms with Crippen LogP contribution in [0.5, 0.6) is 0 Å². The molecule has 66 valence electrons. The van der Waals surface area contributed by atoms with E-state index in [4.69, 9.17) is 6.85 Å². The lowest BCUT2D eigenvalue weighted by molar-refractivity contribution is 0.845. The second kappa shape index (κ2) is 3.30. The first-order valence-electron chi connectivity index (χ1n) is 5.99. The minimum atomic E-state index is -2.53. The molecule has 2 aromatic rings. The van der Waals surface area contributed by atoms with Crippen molar-refractivity contribution in [2.75, 3.05) is 0 Å². The van der Waals surface area contributed by atoms with Crippen LogP contribution in [0.25, 0.3) is 5.82 Å². The number of pyridine rings is 1. The molecule has 0 amide bonds. The van der Waals surface area contributed by atoms with Crippen LogP contribution in [0.1, 0.15) is 12.4 Å². The topological polar surface area (TPSA) is 30.7 Å². The molecule has 0 saturated carbocycles. The number of hydrogen-bond donors (Lipinski definition) is 0. The Bertz CT molecular complexity index is 592. The lowest BCUT2D eigenvalue weighted by Crippen LogP contribution is -1.96. The quantitative estimate of drug-likeness (QED) is 0.769. The summed E-state index contributed by atoms with van der Waals surface area (Å²) in [7, 11) is 0. The van der Waals surface area contributed by atoms with Crippen molar-refractivity contribution in [3.8, 4) is 5.82 Å². The predicted octanol–water partition coefficient (Wildman–Crippen LogP) is 2.34. The van der Waals surface area contributed by atoms with Crippen LogP contribution in [0, 0.1) is 6.85 Å². The van der Waals surface area contributed by atoms with E-state index in [2.05, 4.69) is 26.0 Å². The minimum absolute atomic E-state index is 0.290. The maximum atomic E-state index is 7.80. The maximum absolute atomic E-state index is 7.80. The zero-order valence-electron chi connectivity index (χ0n) is 11.5. The Morgan fingerprint density at radius 1 is 1.69 bits per heavy atom. The number of nitrogens with zero attached hydrogens (tertiary/aromatic N) is 3. The molecule has 0 aliphatic carbocycles. The Hall–Kier alpha value is -1.16. The van der Waals surface area contributed by atoms with E-state index in [0.717, 1.165) is 9.15 Å². The van der Waals surface area contributed by atoms with Crippen molar-refractivity contribution in [1.29, 1.82) is 0 Å². The lowest BCUT2D eigenvalue weighted by Gasteiger charge is -1.98. The van der Waals surface area contributed by atoms with E-state index in [1.807, 2.05) is 0 Å². The number of hydrogen-bond acceptors (Lipinski definition) is 2. The van der Waals surface area contributed by atoms with Crippen LogP contribution in [-0.4, -0.2) is 14.8 Å². The summed E-state index contributed by atoms with van der Waals surface area (Å²) >= 11 is 3.25. The van der Waals surface area contributed by atoms with Crippen molar-refractivity contribution in [2.24, 2.45) is 0 Å². The summed E-state index contributed by atoms with van der Waals surface area (Å²) in [6.07, 6.45) is 0.728. The van der Waals surface area contributed by atoms with Gasteiger partial charge in [-0.2, -0.15) is 5.10 Å². The third kappa shape index (κ3) is 1.78. The van der Waals surface area contributed by atoms with Gasteiger partial charge < -0.3 is 0 Å². The summed E-state index contributed by atoms with van der Waals surface area (Å²) < 4.78 is 38.9. The van der Waals surface area contributed by atoms with Gasteiger partial charge in [-0.05, 0) is 24.5 Å². The van der Waals surface area contributed by atoms with Gasteiger partial charge in [0.05, 0.1) is 8.91 Å². The van der Waals surface area contributed by atoms with Crippen molar-refractivity contribution in [1.82, 2.24) is 14.8 Å². The average molecular weight is 243 g/mol. The normalized spacial score (nSPS) is 16.8. The SMILES string of the molecule is [2H]c1nn(-c2cc(Br)ccn2)c([2H])c1C([2H])([2H])[2H]. The lowest BCUT2D eigenvalue weighted by atomic mass is 10.4. The second-order valence-corrected chi connectivity index (χ2v) is 3.26. The van der Waals surface area contributed by atoms with Crippen LogP contribution in [0.2, 0.25) is 0 Å². The largest absolute Gasteiger partial charge is 0.237 e. The van der Waals surface area contributed by atoms with E-state index in [1.54, 1.807) is 12.1 Å². The Morgan fingerprint density at radius 2 is 2.62 bits per heavy atom. The summed E-state index contributed by atoms with van der Waals surface area (Å²) in [5.74, 6) is 0.290. The van der Waals surface area contributed by atoms with Crippen LogP contribution in [0.3, 0.4) is 0 Å². The standard InChI is InChI=1S/C9H8BrN3/c1-7-5-12-13(6-7)9-4-8(10)2-3-11-9/h2-6H,1H3/i1D3,5D,6D. The fourth-order valence-electron chi connectivity index (χ4n) is 0.874. The van der Waals surface area contributed by atoms with Crippen LogP contribution in [0.4, 0.5) is 0 Å². The van der Waals surface area contributed by atoms with Gasteiger partial charge in [0.25, 0.3) is 0 Å². The predicted molar refractivity (Wildman–Crippen MR) is 53.8 cm³/mol. The number of halogens is 1. The van der Waals surface area contributed by atoms with E-state index in [0.29, 0.717) is 5.82 Å². The molecule has 4 heteroatoms. The first-order valence-corrected chi connectivity index (χ1v) is 4.28. The molecular formula is C9H8BrN3. The molecule has 3 nitrogen and oxygen atoms in total. The van der Waals surface area contributed by atoms with Crippen molar-refractivity contribution in [3.05, 3.63) is 40.7 Å². The highest BCUT2D eigenvalue weighted by atomic mass is 79.9. The second-order valence-electron chi connectivity index (χ2n) is 2.34. The Kier molecular flexibility index (Phi) is 1.11. The third-order valence-electron chi connectivity index (χ3n) is 1.40. The number of aromatic nitrogens is 3. The molecule has 0 N–H and O–H groups in total. The van der Waals surface area contributed by atoms with Crippen LogP contribution in [0.15, 0.2) is 35.1 Å². The molecule has 0 aromatic carbocycles. The summed E-state index contributed by atoms with van der Waals surface area (Å²) in [4.78, 5) is 3.99. The Labute approximate surface area is 91.6 Å². The van der Waals surface area contributed by atoms with E-state index < -0.39 is 13.0 Å². The monoisotopic (exact) mass is 242 g/mol. The molecule has 0 aliphatic rings. The van der Waals surface area contributed by atoms with Gasteiger partial charge in [-0.3, -0.25) is 0 Å². The third-order valence-corrected chi connectivity index (χ3v) is 1.90. The summed E-state index contributed by atoms with van der Waals surface area (Å²) in [5.41, 5.74) is -0.371. The van der Waals surface area contributed by atoms with Gasteiger partial charge in [0.15, 0.2) is 5.82 Å². The van der Waals surface area contributed by atoms with Gasteiger partial charge in [0.1, 0.15) is 0 Å². The van der Waals surface area contributed by atoms with Crippen LogP contribution >= 0.6 is 15.9 Å². The van der Waals surface area contributed by atoms with Gasteiger partial charge in [-0.1, -0.05) is 15.9 Å². The smallest absolute Gasteiger partial charge is 0.154 e. The van der Waals surface area contributed by atoms with Gasteiger partial charge >= 0.3 is 0 Å². The maximum Gasteiger partial charge on any atom is 0.154 e. The average Bonchev–Trinajstić information content (AvgIpc) is 2.53.